The Labute approximate surface area is 124 Å². The van der Waals surface area contributed by atoms with E-state index < -0.39 is 5.97 Å². The monoisotopic (exact) mass is 282 g/mol. The Morgan fingerprint density at radius 1 is 1.10 bits per heavy atom. The van der Waals surface area contributed by atoms with Gasteiger partial charge in [-0.15, -0.1) is 0 Å². The highest BCUT2D eigenvalue weighted by atomic mass is 16.4. The van der Waals surface area contributed by atoms with Crippen LogP contribution in [-0.2, 0) is 11.8 Å². The first-order chi connectivity index (χ1) is 10.0. The summed E-state index contributed by atoms with van der Waals surface area (Å²) in [6, 6.07) is 11.8. The number of carbonyl (C=O) groups excluding carboxylic acids is 1. The minimum atomic E-state index is -1.08. The van der Waals surface area contributed by atoms with Crippen LogP contribution < -0.4 is 14.6 Å². The predicted molar refractivity (Wildman–Crippen MR) is 81.3 cm³/mol. The van der Waals surface area contributed by atoms with Crippen molar-refractivity contribution in [2.24, 2.45) is 7.05 Å². The van der Waals surface area contributed by atoms with Gasteiger partial charge in [-0.25, -0.2) is 4.57 Å². The molecule has 21 heavy (non-hydrogen) atoms. The molecule has 2 rings (SSSR count). The van der Waals surface area contributed by atoms with Crippen molar-refractivity contribution in [2.75, 3.05) is 18.5 Å². The van der Waals surface area contributed by atoms with Crippen molar-refractivity contribution < 1.29 is 14.5 Å². The Morgan fingerprint density at radius 3 is 2.14 bits per heavy atom. The SMILES string of the molecule is CN(CC(=O)[O-])c1ccc(/C=C/c2cc[n+](C)cc2)cc1. The first-order valence-corrected chi connectivity index (χ1v) is 6.69. The molecule has 4 nitrogen and oxygen atoms in total. The highest BCUT2D eigenvalue weighted by Crippen LogP contribution is 2.15. The number of carboxylic acid groups (broad SMARTS) is 1. The molecule has 108 valence electrons. The summed E-state index contributed by atoms with van der Waals surface area (Å²) in [4.78, 5) is 12.2. The van der Waals surface area contributed by atoms with E-state index in [0.29, 0.717) is 0 Å². The molecule has 0 spiro atoms. The molecule has 0 bridgehead atoms. The van der Waals surface area contributed by atoms with E-state index in [1.54, 1.807) is 11.9 Å². The number of hydrogen-bond donors (Lipinski definition) is 0. The van der Waals surface area contributed by atoms with Crippen molar-refractivity contribution in [1.82, 2.24) is 0 Å². The summed E-state index contributed by atoms with van der Waals surface area (Å²) in [6.07, 6.45) is 8.06. The van der Waals surface area contributed by atoms with Crippen LogP contribution in [0.15, 0.2) is 48.8 Å². The van der Waals surface area contributed by atoms with Crippen molar-refractivity contribution in [3.8, 4) is 0 Å². The number of nitrogens with zero attached hydrogens (tertiary/aromatic N) is 2. The zero-order valence-electron chi connectivity index (χ0n) is 12.2. The zero-order valence-corrected chi connectivity index (χ0v) is 12.2. The Hall–Kier alpha value is -2.62. The minimum absolute atomic E-state index is 0.115. The van der Waals surface area contributed by atoms with Crippen LogP contribution in [0, 0.1) is 0 Å². The lowest BCUT2D eigenvalue weighted by atomic mass is 10.1. The number of aryl methyl sites for hydroxylation is 1. The number of pyridine rings is 1. The molecule has 0 fully saturated rings. The number of carboxylic acids is 1. The minimum Gasteiger partial charge on any atom is -0.548 e. The topological polar surface area (TPSA) is 47.3 Å². The lowest BCUT2D eigenvalue weighted by molar-refractivity contribution is -0.671. The van der Waals surface area contributed by atoms with Gasteiger partial charge in [-0.05, 0) is 23.3 Å². The quantitative estimate of drug-likeness (QED) is 0.765. The van der Waals surface area contributed by atoms with Gasteiger partial charge < -0.3 is 14.8 Å². The maximum absolute atomic E-state index is 10.6. The molecule has 1 aromatic heterocycles. The number of carbonyl (C=O) groups is 1. The van der Waals surface area contributed by atoms with Gasteiger partial charge in [0.15, 0.2) is 12.4 Å². The molecule has 1 heterocycles. The van der Waals surface area contributed by atoms with Crippen LogP contribution in [0.3, 0.4) is 0 Å². The summed E-state index contributed by atoms with van der Waals surface area (Å²) in [5.41, 5.74) is 3.04. The average Bonchev–Trinajstić information content (AvgIpc) is 2.46. The third-order valence-electron chi connectivity index (χ3n) is 3.17. The van der Waals surface area contributed by atoms with E-state index in [4.69, 9.17) is 0 Å². The number of aliphatic carboxylic acids is 1. The highest BCUT2D eigenvalue weighted by molar-refractivity contribution is 5.73. The zero-order chi connectivity index (χ0) is 15.2. The van der Waals surface area contributed by atoms with Gasteiger partial charge in [-0.1, -0.05) is 24.3 Å². The number of anilines is 1. The fourth-order valence-corrected chi connectivity index (χ4v) is 1.94. The number of benzene rings is 1. The van der Waals surface area contributed by atoms with Gasteiger partial charge in [-0.2, -0.15) is 0 Å². The van der Waals surface area contributed by atoms with Gasteiger partial charge in [-0.3, -0.25) is 0 Å². The van der Waals surface area contributed by atoms with Gasteiger partial charge in [0.2, 0.25) is 0 Å². The molecular formula is C17H18N2O2. The van der Waals surface area contributed by atoms with Gasteiger partial charge in [0, 0.05) is 24.9 Å². The molecule has 0 aliphatic carbocycles. The van der Waals surface area contributed by atoms with Gasteiger partial charge in [0.25, 0.3) is 0 Å². The van der Waals surface area contributed by atoms with E-state index in [1.165, 1.54) is 0 Å². The van der Waals surface area contributed by atoms with Crippen LogP contribution >= 0.6 is 0 Å². The number of likely N-dealkylation sites (N-methyl/N-ethyl adjacent to an activating group) is 1. The third-order valence-corrected chi connectivity index (χ3v) is 3.17. The maximum atomic E-state index is 10.6. The molecule has 0 saturated heterocycles. The van der Waals surface area contributed by atoms with E-state index in [1.807, 2.05) is 72.6 Å². The van der Waals surface area contributed by atoms with Crippen molar-refractivity contribution in [1.29, 1.82) is 0 Å². The van der Waals surface area contributed by atoms with Crippen molar-refractivity contribution in [2.45, 2.75) is 0 Å². The van der Waals surface area contributed by atoms with Crippen molar-refractivity contribution in [3.63, 3.8) is 0 Å². The molecule has 0 saturated carbocycles. The van der Waals surface area contributed by atoms with Gasteiger partial charge in [0.05, 0.1) is 12.5 Å². The summed E-state index contributed by atoms with van der Waals surface area (Å²) in [5.74, 6) is -1.08. The Morgan fingerprint density at radius 2 is 1.62 bits per heavy atom. The molecule has 1 aromatic carbocycles. The van der Waals surface area contributed by atoms with E-state index in [2.05, 4.69) is 0 Å². The normalized spacial score (nSPS) is 10.8. The van der Waals surface area contributed by atoms with Crippen molar-refractivity contribution in [3.05, 3.63) is 59.9 Å². The van der Waals surface area contributed by atoms with E-state index >= 15 is 0 Å². The van der Waals surface area contributed by atoms with Crippen LogP contribution in [0.4, 0.5) is 5.69 Å². The lowest BCUT2D eigenvalue weighted by Gasteiger charge is -2.19. The second-order valence-corrected chi connectivity index (χ2v) is 4.95. The molecule has 0 amide bonds. The fraction of sp³-hybridized carbons (Fsp3) is 0.176. The van der Waals surface area contributed by atoms with E-state index in [0.717, 1.165) is 16.8 Å². The molecule has 0 atom stereocenters. The average molecular weight is 282 g/mol. The molecule has 0 aliphatic heterocycles. The molecule has 2 aromatic rings. The third kappa shape index (κ3) is 4.45. The van der Waals surface area contributed by atoms with E-state index in [9.17, 15) is 9.90 Å². The fourth-order valence-electron chi connectivity index (χ4n) is 1.94. The van der Waals surface area contributed by atoms with Crippen molar-refractivity contribution >= 4 is 23.8 Å². The standard InChI is InChI=1S/C17H18N2O2/c1-18-11-9-15(10-12-18)4-3-14-5-7-16(8-6-14)19(2)13-17(20)21/h3-12H,13H2,1-2H3. The second kappa shape index (κ2) is 6.70. The molecule has 0 radical (unpaired) electrons. The smallest absolute Gasteiger partial charge is 0.169 e. The van der Waals surface area contributed by atoms with Crippen LogP contribution in [0.2, 0.25) is 0 Å². The Bertz CT molecular complexity index is 631. The molecule has 0 N–H and O–H groups in total. The summed E-state index contributed by atoms with van der Waals surface area (Å²) < 4.78 is 1.99. The molecule has 0 aliphatic rings. The van der Waals surface area contributed by atoms with E-state index in [-0.39, 0.29) is 6.54 Å². The second-order valence-electron chi connectivity index (χ2n) is 4.95. The molecule has 0 unspecified atom stereocenters. The maximum Gasteiger partial charge on any atom is 0.169 e. The predicted octanol–water partition coefficient (Wildman–Crippen LogP) is 0.868. The van der Waals surface area contributed by atoms with Crippen LogP contribution in [-0.4, -0.2) is 19.6 Å². The van der Waals surface area contributed by atoms with Crippen LogP contribution in [0.5, 0.6) is 0 Å². The number of aromatic nitrogens is 1. The molecular weight excluding hydrogens is 264 g/mol. The lowest BCUT2D eigenvalue weighted by Crippen LogP contribution is -2.35. The summed E-state index contributed by atoms with van der Waals surface area (Å²) in [7, 11) is 3.71. The highest BCUT2D eigenvalue weighted by Gasteiger charge is 2.00. The summed E-state index contributed by atoms with van der Waals surface area (Å²) >= 11 is 0. The first-order valence-electron chi connectivity index (χ1n) is 6.69. The Kier molecular flexibility index (Phi) is 4.72. The number of rotatable bonds is 5. The summed E-state index contributed by atoms with van der Waals surface area (Å²) in [6.45, 7) is -0.115. The van der Waals surface area contributed by atoms with Gasteiger partial charge in [0.1, 0.15) is 7.05 Å². The summed E-state index contributed by atoms with van der Waals surface area (Å²) in [5, 5.41) is 10.6. The number of hydrogen-bond acceptors (Lipinski definition) is 3. The largest absolute Gasteiger partial charge is 0.548 e. The van der Waals surface area contributed by atoms with Crippen LogP contribution in [0.1, 0.15) is 11.1 Å². The molecule has 4 heteroatoms. The Balaban J connectivity index is 2.05. The first kappa shape index (κ1) is 14.8. The van der Waals surface area contributed by atoms with Crippen LogP contribution in [0.25, 0.3) is 12.2 Å². The van der Waals surface area contributed by atoms with Gasteiger partial charge >= 0.3 is 0 Å².